The van der Waals surface area contributed by atoms with Gasteiger partial charge in [-0.05, 0) is 181 Å². The Kier molecular flexibility index (Phi) is 21.9. The molecule has 29 rings (SSSR count). The first-order valence-electron chi connectivity index (χ1n) is 49.8. The van der Waals surface area contributed by atoms with Gasteiger partial charge in [-0.3, -0.25) is 4.57 Å². The molecule has 7 aromatic heterocycles. The number of rotatable bonds is 15. The van der Waals surface area contributed by atoms with Crippen LogP contribution < -0.4 is 0 Å². The quantitative estimate of drug-likeness (QED) is 0.0919. The van der Waals surface area contributed by atoms with Crippen LogP contribution in [0.3, 0.4) is 0 Å². The monoisotopic (exact) mass is 1890 g/mol. The van der Waals surface area contributed by atoms with Crippen LogP contribution in [0.15, 0.2) is 528 Å². The minimum atomic E-state index is 0.585. The zero-order chi connectivity index (χ0) is 97.9. The summed E-state index contributed by atoms with van der Waals surface area (Å²) in [7, 11) is 0. The van der Waals surface area contributed by atoms with E-state index in [0.717, 1.165) is 117 Å². The third-order valence-corrected chi connectivity index (χ3v) is 28.2. The fraction of sp³-hybridized carbons (Fsp3) is 0. The SMILES string of the molecule is c1ccc(-c2nc(-c3ccccc3)nc(-c3ccc(-n4c5ccccc5c5cc(-c6ccc7c(c6)c6ccccc6n7-c6ccccc6)ccc54)cc3)n2)cc1.c1ccc(-c2nc(-c3ccccc3)nc(-c3cccc(-c4cccc(-c5ccc6c7ccccc7c7ccccc7c6c5)c4)c3)n2)cc1.c1ccc(-c2nc(-c3ccccc3)nc(-n3c4ccccc4c4ccc5c6ccccc6n(-c6ccccc6)c5c43)n2)cc1. The van der Waals surface area contributed by atoms with Crippen molar-refractivity contribution in [1.29, 1.82) is 0 Å². The summed E-state index contributed by atoms with van der Waals surface area (Å²) >= 11 is 0. The lowest BCUT2D eigenvalue weighted by molar-refractivity contribution is 0.953. The summed E-state index contributed by atoms with van der Waals surface area (Å²) in [6.07, 6.45) is 0. The second kappa shape index (κ2) is 37.4. The molecule has 148 heavy (non-hydrogen) atoms. The predicted molar refractivity (Wildman–Crippen MR) is 609 cm³/mol. The molecule has 22 aromatic carbocycles. The zero-order valence-corrected chi connectivity index (χ0v) is 80.0. The fourth-order valence-electron chi connectivity index (χ4n) is 21.3. The van der Waals surface area contributed by atoms with E-state index in [1.807, 2.05) is 182 Å². The first-order chi connectivity index (χ1) is 73.4. The molecule has 0 saturated heterocycles. The third-order valence-electron chi connectivity index (χ3n) is 28.2. The molecule has 13 nitrogen and oxygen atoms in total. The number of benzene rings is 22. The summed E-state index contributed by atoms with van der Waals surface area (Å²) in [5.41, 5.74) is 27.0. The Morgan fingerprint density at radius 1 is 0.108 bits per heavy atom. The van der Waals surface area contributed by atoms with E-state index in [0.29, 0.717) is 52.5 Å². The van der Waals surface area contributed by atoms with Gasteiger partial charge >= 0.3 is 0 Å². The van der Waals surface area contributed by atoms with Crippen LogP contribution in [0.1, 0.15) is 0 Å². The predicted octanol–water partition coefficient (Wildman–Crippen LogP) is 33.8. The first kappa shape index (κ1) is 86.9. The van der Waals surface area contributed by atoms with Gasteiger partial charge in [0.25, 0.3) is 0 Å². The van der Waals surface area contributed by atoms with Gasteiger partial charge in [0, 0.05) is 105 Å². The summed E-state index contributed by atoms with van der Waals surface area (Å²) in [5.74, 6) is 5.76. The highest BCUT2D eigenvalue weighted by Crippen LogP contribution is 2.46. The highest BCUT2D eigenvalue weighted by molar-refractivity contribution is 6.27. The molecule has 0 bridgehead atoms. The normalized spacial score (nSPS) is 11.5. The van der Waals surface area contributed by atoms with Crippen LogP contribution in [0, 0.1) is 0 Å². The summed E-state index contributed by atoms with van der Waals surface area (Å²) in [4.78, 5) is 44.8. The van der Waals surface area contributed by atoms with E-state index >= 15 is 0 Å². The largest absolute Gasteiger partial charge is 0.309 e. The Morgan fingerprint density at radius 2 is 0.318 bits per heavy atom. The topological polar surface area (TPSA) is 136 Å². The molecule has 0 spiro atoms. The molecule has 0 aliphatic carbocycles. The second-order valence-corrected chi connectivity index (χ2v) is 37.1. The Labute approximate surface area is 852 Å². The molecule has 0 fully saturated rings. The maximum absolute atomic E-state index is 5.17. The molecule has 7 heterocycles. The summed E-state index contributed by atoms with van der Waals surface area (Å²) in [6.45, 7) is 0. The molecule has 29 aromatic rings. The van der Waals surface area contributed by atoms with Crippen LogP contribution >= 0.6 is 0 Å². The Morgan fingerprint density at radius 3 is 0.689 bits per heavy atom. The standard InChI is InChI=1S/C51H33N5.C45H29N3.C39H25N5/c1-4-14-34(15-5-1)49-52-50(35-16-6-2-7-17-35)54-51(53-49)36-24-28-40(29-25-36)56-46-23-13-11-21-42(46)44-33-38(27-31-48(44)56)37-26-30-47-43(32-37)41-20-10-12-22-45(41)55(47)39-18-8-3-9-19-39;1-3-13-30(14-4-1)43-46-44(31-15-5-2-6-16-31)48-45(47-43)36-20-12-19-34(28-36)32-17-11-18-33(27-32)35-25-26-41-39-23-8-7-21-37(39)38-22-9-10-24-40(38)42(41)29-35;1-4-14-26(15-5-1)37-40-38(27-16-6-2-7-17-27)42-39(41-37)44-34-23-13-11-21-30(34)32-25-24-31-29-20-10-12-22-33(29)43(35(31)36(32)44)28-18-8-3-9-19-28/h1-33H;1-29H;1-25H. The minimum Gasteiger partial charge on any atom is -0.309 e. The van der Waals surface area contributed by atoms with Crippen molar-refractivity contribution in [2.45, 2.75) is 0 Å². The number of hydrogen-bond acceptors (Lipinski definition) is 9. The highest BCUT2D eigenvalue weighted by Gasteiger charge is 2.27. The molecule has 0 aliphatic rings. The van der Waals surface area contributed by atoms with E-state index < -0.39 is 0 Å². The Bertz CT molecular complexity index is 9930. The lowest BCUT2D eigenvalue weighted by Gasteiger charge is -2.13. The van der Waals surface area contributed by atoms with Crippen molar-refractivity contribution < 1.29 is 0 Å². The fourth-order valence-corrected chi connectivity index (χ4v) is 21.3. The van der Waals surface area contributed by atoms with Gasteiger partial charge in [-0.2, -0.15) is 9.97 Å². The number of para-hydroxylation sites is 6. The molecule has 0 N–H and O–H groups in total. The molecule has 0 aliphatic heterocycles. The van der Waals surface area contributed by atoms with Crippen molar-refractivity contribution in [2.75, 3.05) is 0 Å². The van der Waals surface area contributed by atoms with E-state index in [9.17, 15) is 0 Å². The van der Waals surface area contributed by atoms with E-state index in [-0.39, 0.29) is 0 Å². The zero-order valence-electron chi connectivity index (χ0n) is 80.0. The van der Waals surface area contributed by atoms with Crippen LogP contribution in [0.2, 0.25) is 0 Å². The van der Waals surface area contributed by atoms with Gasteiger partial charge in [0.1, 0.15) is 0 Å². The average molecular weight is 1890 g/mol. The van der Waals surface area contributed by atoms with Gasteiger partial charge in [0.2, 0.25) is 5.95 Å². The summed E-state index contributed by atoms with van der Waals surface area (Å²) < 4.78 is 9.32. The molecule has 0 radical (unpaired) electrons. The Hall–Kier alpha value is -20.2. The third kappa shape index (κ3) is 15.8. The van der Waals surface area contributed by atoms with E-state index in [2.05, 4.69) is 364 Å². The molecule has 0 amide bonds. The molecule has 0 unspecified atom stereocenters. The van der Waals surface area contributed by atoms with Gasteiger partial charge < -0.3 is 13.7 Å². The maximum Gasteiger partial charge on any atom is 0.238 e. The van der Waals surface area contributed by atoms with Gasteiger partial charge in [-0.25, -0.2) is 34.9 Å². The van der Waals surface area contributed by atoms with Gasteiger partial charge in [0.05, 0.1) is 44.1 Å². The van der Waals surface area contributed by atoms with Crippen LogP contribution in [0.25, 0.3) is 267 Å². The van der Waals surface area contributed by atoms with Crippen molar-refractivity contribution in [3.63, 3.8) is 0 Å². The number of fused-ring (bicyclic) bond motifs is 19. The van der Waals surface area contributed by atoms with Gasteiger partial charge in [-0.15, -0.1) is 0 Å². The molecule has 692 valence electrons. The van der Waals surface area contributed by atoms with Crippen molar-refractivity contribution in [2.24, 2.45) is 0 Å². The average Bonchev–Trinajstić information content (AvgIpc) is 1.54. The Balaban J connectivity index is 0.000000110. The maximum atomic E-state index is 5.17. The lowest BCUT2D eigenvalue weighted by atomic mass is 9.91. The highest BCUT2D eigenvalue weighted by atomic mass is 15.2. The molecule has 0 atom stereocenters. The van der Waals surface area contributed by atoms with Crippen molar-refractivity contribution in [3.05, 3.63) is 528 Å². The second-order valence-electron chi connectivity index (χ2n) is 37.1. The number of nitrogens with zero attached hydrogens (tertiary/aromatic N) is 13. The minimum absolute atomic E-state index is 0.585. The van der Waals surface area contributed by atoms with Crippen molar-refractivity contribution in [1.82, 2.24) is 63.1 Å². The lowest BCUT2D eigenvalue weighted by Crippen LogP contribution is -2.07. The molecular formula is C135H87N13. The van der Waals surface area contributed by atoms with E-state index in [4.69, 9.17) is 44.9 Å². The number of hydrogen-bond donors (Lipinski definition) is 0. The molecule has 13 heteroatoms. The van der Waals surface area contributed by atoms with E-state index in [1.165, 1.54) is 97.9 Å². The van der Waals surface area contributed by atoms with E-state index in [1.54, 1.807) is 0 Å². The van der Waals surface area contributed by atoms with Gasteiger partial charge in [0.15, 0.2) is 46.6 Å². The van der Waals surface area contributed by atoms with Crippen LogP contribution in [0.4, 0.5) is 0 Å². The van der Waals surface area contributed by atoms with Crippen LogP contribution in [-0.2, 0) is 0 Å². The summed E-state index contributed by atoms with van der Waals surface area (Å²) in [6, 6.07) is 185. The smallest absolute Gasteiger partial charge is 0.238 e. The van der Waals surface area contributed by atoms with Crippen LogP contribution in [0.5, 0.6) is 0 Å². The number of aromatic nitrogens is 13. The first-order valence-corrected chi connectivity index (χ1v) is 49.8. The van der Waals surface area contributed by atoms with Gasteiger partial charge in [-0.1, -0.05) is 413 Å². The van der Waals surface area contributed by atoms with Crippen LogP contribution in [-0.4, -0.2) is 63.1 Å². The van der Waals surface area contributed by atoms with Crippen molar-refractivity contribution >= 4 is 120 Å². The summed E-state index contributed by atoms with van der Waals surface area (Å²) in [5, 5.41) is 17.3. The van der Waals surface area contributed by atoms with Crippen molar-refractivity contribution in [3.8, 4) is 147 Å². The molecular weight excluding hydrogens is 1800 g/mol. The molecule has 0 saturated carbocycles.